The molecule has 1 heterocycles. The minimum atomic E-state index is -0.390. The maximum absolute atomic E-state index is 11.6. The Labute approximate surface area is 79.3 Å². The lowest BCUT2D eigenvalue weighted by Gasteiger charge is -2.23. The van der Waals surface area contributed by atoms with Gasteiger partial charge in [0.25, 0.3) is 0 Å². The van der Waals surface area contributed by atoms with Crippen molar-refractivity contribution < 1.29 is 4.79 Å². The van der Waals surface area contributed by atoms with Gasteiger partial charge in [-0.15, -0.1) is 0 Å². The Hall–Kier alpha value is -0.610. The molecule has 1 aliphatic heterocycles. The molecule has 76 valence electrons. The van der Waals surface area contributed by atoms with Crippen LogP contribution in [-0.4, -0.2) is 36.0 Å². The van der Waals surface area contributed by atoms with Gasteiger partial charge in [0.15, 0.2) is 0 Å². The van der Waals surface area contributed by atoms with E-state index in [4.69, 9.17) is 11.5 Å². The van der Waals surface area contributed by atoms with Gasteiger partial charge in [0, 0.05) is 12.6 Å². The monoisotopic (exact) mass is 185 g/mol. The van der Waals surface area contributed by atoms with Crippen LogP contribution < -0.4 is 11.5 Å². The van der Waals surface area contributed by atoms with Crippen molar-refractivity contribution in [3.63, 3.8) is 0 Å². The minimum Gasteiger partial charge on any atom is -0.338 e. The lowest BCUT2D eigenvalue weighted by atomic mass is 10.1. The van der Waals surface area contributed by atoms with E-state index in [9.17, 15) is 4.79 Å². The van der Waals surface area contributed by atoms with E-state index in [0.29, 0.717) is 18.5 Å². The third kappa shape index (κ3) is 2.19. The number of nitrogens with zero attached hydrogens (tertiary/aromatic N) is 1. The van der Waals surface area contributed by atoms with Gasteiger partial charge in [-0.3, -0.25) is 4.79 Å². The van der Waals surface area contributed by atoms with E-state index in [1.54, 1.807) is 6.92 Å². The molecular formula is C9H19N3O. The molecule has 1 fully saturated rings. The van der Waals surface area contributed by atoms with Crippen LogP contribution in [0.3, 0.4) is 0 Å². The van der Waals surface area contributed by atoms with Gasteiger partial charge in [-0.2, -0.15) is 0 Å². The predicted molar refractivity (Wildman–Crippen MR) is 52.0 cm³/mol. The summed E-state index contributed by atoms with van der Waals surface area (Å²) in [5.74, 6) is 0.501. The fourth-order valence-corrected chi connectivity index (χ4v) is 1.88. The number of rotatable bonds is 2. The van der Waals surface area contributed by atoms with Crippen LogP contribution in [0.5, 0.6) is 0 Å². The fourth-order valence-electron chi connectivity index (χ4n) is 1.88. The van der Waals surface area contributed by atoms with Gasteiger partial charge in [0.2, 0.25) is 5.91 Å². The van der Waals surface area contributed by atoms with E-state index in [2.05, 4.69) is 6.92 Å². The van der Waals surface area contributed by atoms with Crippen LogP contribution in [0.25, 0.3) is 0 Å². The highest BCUT2D eigenvalue weighted by molar-refractivity contribution is 5.81. The van der Waals surface area contributed by atoms with Crippen molar-refractivity contribution in [2.24, 2.45) is 17.4 Å². The Kier molecular flexibility index (Phi) is 3.27. The molecule has 1 aliphatic rings. The lowest BCUT2D eigenvalue weighted by Crippen LogP contribution is -2.43. The number of likely N-dealkylation sites (tertiary alicyclic amines) is 1. The molecule has 0 aromatic heterocycles. The van der Waals surface area contributed by atoms with Crippen molar-refractivity contribution in [1.82, 2.24) is 4.90 Å². The summed E-state index contributed by atoms with van der Waals surface area (Å²) >= 11 is 0. The molecule has 4 N–H and O–H groups in total. The number of carbonyl (C=O) groups excluding carboxylic acids is 1. The van der Waals surface area contributed by atoms with Gasteiger partial charge >= 0.3 is 0 Å². The molecule has 0 aliphatic carbocycles. The first-order chi connectivity index (χ1) is 6.06. The van der Waals surface area contributed by atoms with E-state index in [0.717, 1.165) is 13.0 Å². The quantitative estimate of drug-likeness (QED) is 0.611. The summed E-state index contributed by atoms with van der Waals surface area (Å²) in [6, 6.07) is -0.0916. The van der Waals surface area contributed by atoms with E-state index in [1.165, 1.54) is 0 Å². The Morgan fingerprint density at radius 3 is 2.69 bits per heavy atom. The Balaban J connectivity index is 2.57. The topological polar surface area (TPSA) is 72.3 Å². The van der Waals surface area contributed by atoms with Crippen LogP contribution in [0.1, 0.15) is 20.3 Å². The van der Waals surface area contributed by atoms with E-state index >= 15 is 0 Å². The SMILES string of the molecule is CC1CC(CN)CN1C(=O)[C@@H](C)N. The molecule has 4 nitrogen and oxygen atoms in total. The maximum atomic E-state index is 11.6. The first-order valence-electron chi connectivity index (χ1n) is 4.82. The molecule has 4 heteroatoms. The molecule has 0 saturated carbocycles. The normalized spacial score (nSPS) is 30.6. The largest absolute Gasteiger partial charge is 0.338 e. The summed E-state index contributed by atoms with van der Waals surface area (Å²) in [7, 11) is 0. The van der Waals surface area contributed by atoms with Crippen LogP contribution in [0, 0.1) is 5.92 Å². The highest BCUT2D eigenvalue weighted by Gasteiger charge is 2.32. The molecule has 1 amide bonds. The maximum Gasteiger partial charge on any atom is 0.239 e. The highest BCUT2D eigenvalue weighted by Crippen LogP contribution is 2.22. The highest BCUT2D eigenvalue weighted by atomic mass is 16.2. The molecule has 2 unspecified atom stereocenters. The second-order valence-electron chi connectivity index (χ2n) is 3.97. The first kappa shape index (κ1) is 10.5. The summed E-state index contributed by atoms with van der Waals surface area (Å²) in [5.41, 5.74) is 11.1. The van der Waals surface area contributed by atoms with Crippen molar-refractivity contribution in [2.45, 2.75) is 32.4 Å². The third-order valence-electron chi connectivity index (χ3n) is 2.67. The number of amides is 1. The van der Waals surface area contributed by atoms with Crippen molar-refractivity contribution in [3.8, 4) is 0 Å². The molecule has 0 aromatic carbocycles. The van der Waals surface area contributed by atoms with E-state index in [1.807, 2.05) is 4.90 Å². The molecule has 0 aromatic rings. The van der Waals surface area contributed by atoms with Crippen LogP contribution in [0.15, 0.2) is 0 Å². The standard InChI is InChI=1S/C9H19N3O/c1-6-3-8(4-10)5-12(6)9(13)7(2)11/h6-8H,3-5,10-11H2,1-2H3/t6?,7-,8?/m1/s1. The van der Waals surface area contributed by atoms with Gasteiger partial charge < -0.3 is 16.4 Å². The van der Waals surface area contributed by atoms with Crippen molar-refractivity contribution in [3.05, 3.63) is 0 Å². The van der Waals surface area contributed by atoms with E-state index in [-0.39, 0.29) is 11.9 Å². The van der Waals surface area contributed by atoms with Gasteiger partial charge in [0.1, 0.15) is 0 Å². The van der Waals surface area contributed by atoms with Gasteiger partial charge in [0.05, 0.1) is 6.04 Å². The lowest BCUT2D eigenvalue weighted by molar-refractivity contribution is -0.132. The Morgan fingerprint density at radius 2 is 2.31 bits per heavy atom. The molecule has 0 bridgehead atoms. The van der Waals surface area contributed by atoms with Crippen molar-refractivity contribution in [2.75, 3.05) is 13.1 Å². The predicted octanol–water partition coefficient (Wildman–Crippen LogP) is -0.471. The van der Waals surface area contributed by atoms with Gasteiger partial charge in [-0.25, -0.2) is 0 Å². The molecular weight excluding hydrogens is 166 g/mol. The zero-order chi connectivity index (χ0) is 10.0. The van der Waals surface area contributed by atoms with Crippen LogP contribution in [0.4, 0.5) is 0 Å². The number of nitrogens with two attached hydrogens (primary N) is 2. The molecule has 1 saturated heterocycles. The molecule has 3 atom stereocenters. The van der Waals surface area contributed by atoms with Gasteiger partial charge in [-0.05, 0) is 32.7 Å². The van der Waals surface area contributed by atoms with Gasteiger partial charge in [-0.1, -0.05) is 0 Å². The van der Waals surface area contributed by atoms with Crippen molar-refractivity contribution >= 4 is 5.91 Å². The zero-order valence-corrected chi connectivity index (χ0v) is 8.36. The summed E-state index contributed by atoms with van der Waals surface area (Å²) in [6.45, 7) is 5.21. The zero-order valence-electron chi connectivity index (χ0n) is 8.36. The number of hydrogen-bond donors (Lipinski definition) is 2. The third-order valence-corrected chi connectivity index (χ3v) is 2.67. The minimum absolute atomic E-state index is 0.0449. The van der Waals surface area contributed by atoms with Crippen LogP contribution in [-0.2, 0) is 4.79 Å². The summed E-state index contributed by atoms with van der Waals surface area (Å²) < 4.78 is 0. The van der Waals surface area contributed by atoms with Crippen LogP contribution >= 0.6 is 0 Å². The molecule has 13 heavy (non-hydrogen) atoms. The Morgan fingerprint density at radius 1 is 1.69 bits per heavy atom. The second kappa shape index (κ2) is 4.07. The van der Waals surface area contributed by atoms with Crippen molar-refractivity contribution in [1.29, 1.82) is 0 Å². The summed E-state index contributed by atoms with van der Waals surface area (Å²) in [6.07, 6.45) is 1.01. The average Bonchev–Trinajstić information content (AvgIpc) is 2.45. The molecule has 1 rings (SSSR count). The first-order valence-corrected chi connectivity index (χ1v) is 4.82. The fraction of sp³-hybridized carbons (Fsp3) is 0.889. The summed E-state index contributed by atoms with van der Waals surface area (Å²) in [5, 5.41) is 0. The molecule has 0 spiro atoms. The Bertz CT molecular complexity index is 193. The smallest absolute Gasteiger partial charge is 0.239 e. The second-order valence-corrected chi connectivity index (χ2v) is 3.97. The molecule has 0 radical (unpaired) electrons. The average molecular weight is 185 g/mol. The summed E-state index contributed by atoms with van der Waals surface area (Å²) in [4.78, 5) is 13.4. The number of hydrogen-bond acceptors (Lipinski definition) is 3. The van der Waals surface area contributed by atoms with Crippen LogP contribution in [0.2, 0.25) is 0 Å². The number of carbonyl (C=O) groups is 1. The van der Waals surface area contributed by atoms with E-state index < -0.39 is 0 Å².